The first-order valence-electron chi connectivity index (χ1n) is 6.43. The largest absolute Gasteiger partial charge is 0.299 e. The van der Waals surface area contributed by atoms with Gasteiger partial charge in [0, 0.05) is 28.4 Å². The Balaban J connectivity index is 2.23. The monoisotopic (exact) mass is 325 g/mol. The van der Waals surface area contributed by atoms with Gasteiger partial charge in [-0.1, -0.05) is 28.9 Å². The van der Waals surface area contributed by atoms with E-state index in [1.54, 1.807) is 12.1 Å². The first-order chi connectivity index (χ1) is 8.97. The van der Waals surface area contributed by atoms with Crippen molar-refractivity contribution < 1.29 is 9.72 Å². The second-order valence-electron chi connectivity index (χ2n) is 5.28. The van der Waals surface area contributed by atoms with E-state index in [0.29, 0.717) is 28.8 Å². The highest BCUT2D eigenvalue weighted by molar-refractivity contribution is 9.10. The van der Waals surface area contributed by atoms with Gasteiger partial charge in [0.1, 0.15) is 5.78 Å². The van der Waals surface area contributed by atoms with Crippen LogP contribution in [-0.4, -0.2) is 10.7 Å². The van der Waals surface area contributed by atoms with E-state index in [4.69, 9.17) is 0 Å². The predicted molar refractivity (Wildman–Crippen MR) is 76.0 cm³/mol. The highest BCUT2D eigenvalue weighted by Gasteiger charge is 2.28. The molecule has 2 atom stereocenters. The number of carbonyl (C=O) groups is 1. The van der Waals surface area contributed by atoms with Crippen molar-refractivity contribution in [3.8, 4) is 0 Å². The molecule has 1 aromatic rings. The normalized spacial score (nSPS) is 23.4. The van der Waals surface area contributed by atoms with Crippen LogP contribution in [0.1, 0.15) is 31.7 Å². The Morgan fingerprint density at radius 3 is 2.89 bits per heavy atom. The van der Waals surface area contributed by atoms with Gasteiger partial charge in [-0.3, -0.25) is 14.9 Å². The molecule has 1 saturated carbocycles. The summed E-state index contributed by atoms with van der Waals surface area (Å²) in [6.45, 7) is 2.13. The number of carbonyl (C=O) groups excluding carboxylic acids is 1. The zero-order chi connectivity index (χ0) is 14.0. The summed E-state index contributed by atoms with van der Waals surface area (Å²) in [6, 6.07) is 5.04. The van der Waals surface area contributed by atoms with Gasteiger partial charge in [0.2, 0.25) is 0 Å². The Hall–Kier alpha value is -1.23. The Morgan fingerprint density at radius 1 is 1.47 bits per heavy atom. The van der Waals surface area contributed by atoms with Gasteiger partial charge in [0.25, 0.3) is 5.69 Å². The molecular weight excluding hydrogens is 310 g/mol. The molecule has 4 nitrogen and oxygen atoms in total. The minimum atomic E-state index is -0.378. The summed E-state index contributed by atoms with van der Waals surface area (Å²) >= 11 is 3.24. The van der Waals surface area contributed by atoms with Crippen molar-refractivity contribution in [2.24, 2.45) is 11.8 Å². The lowest BCUT2D eigenvalue weighted by Gasteiger charge is -2.25. The van der Waals surface area contributed by atoms with Crippen molar-refractivity contribution in [3.63, 3.8) is 0 Å². The molecule has 19 heavy (non-hydrogen) atoms. The van der Waals surface area contributed by atoms with Crippen molar-refractivity contribution in [1.82, 2.24) is 0 Å². The lowest BCUT2D eigenvalue weighted by atomic mass is 9.78. The summed E-state index contributed by atoms with van der Waals surface area (Å²) in [5, 5.41) is 11.1. The molecule has 1 aliphatic carbocycles. The average Bonchev–Trinajstić information content (AvgIpc) is 2.35. The van der Waals surface area contributed by atoms with E-state index in [1.165, 1.54) is 6.07 Å². The summed E-state index contributed by atoms with van der Waals surface area (Å²) in [4.78, 5) is 22.6. The van der Waals surface area contributed by atoms with Gasteiger partial charge in [-0.25, -0.2) is 0 Å². The Bertz CT molecular complexity index is 515. The number of ketones is 1. The van der Waals surface area contributed by atoms with Crippen molar-refractivity contribution in [3.05, 3.63) is 38.3 Å². The molecule has 1 aromatic carbocycles. The van der Waals surface area contributed by atoms with Gasteiger partial charge in [-0.2, -0.15) is 0 Å². The molecule has 0 saturated heterocycles. The second-order valence-corrected chi connectivity index (χ2v) is 6.19. The van der Waals surface area contributed by atoms with Crippen molar-refractivity contribution in [2.75, 3.05) is 0 Å². The lowest BCUT2D eigenvalue weighted by molar-refractivity contribution is -0.385. The molecule has 102 valence electrons. The molecule has 1 fully saturated rings. The standard InChI is InChI=1S/C14H16BrNO3/c1-9-2-5-14(17)11(6-9)7-10-3-4-12(15)8-13(10)16(18)19/h3-4,8-9,11H,2,5-7H2,1H3. The van der Waals surface area contributed by atoms with Crippen molar-refractivity contribution in [2.45, 2.75) is 32.6 Å². The molecule has 0 N–H and O–H groups in total. The maximum atomic E-state index is 11.9. The maximum Gasteiger partial charge on any atom is 0.273 e. The van der Waals surface area contributed by atoms with E-state index in [0.717, 1.165) is 12.8 Å². The van der Waals surface area contributed by atoms with Crippen LogP contribution in [0.5, 0.6) is 0 Å². The van der Waals surface area contributed by atoms with Crippen molar-refractivity contribution >= 4 is 27.4 Å². The first kappa shape index (κ1) is 14.2. The van der Waals surface area contributed by atoms with E-state index in [1.807, 2.05) is 0 Å². The van der Waals surface area contributed by atoms with Crippen LogP contribution in [0.2, 0.25) is 0 Å². The molecule has 0 bridgehead atoms. The topological polar surface area (TPSA) is 60.2 Å². The van der Waals surface area contributed by atoms with Gasteiger partial charge in [-0.05, 0) is 31.2 Å². The van der Waals surface area contributed by atoms with Gasteiger partial charge in [0.15, 0.2) is 0 Å². The highest BCUT2D eigenvalue weighted by atomic mass is 79.9. The van der Waals surface area contributed by atoms with E-state index in [9.17, 15) is 14.9 Å². The summed E-state index contributed by atoms with van der Waals surface area (Å²) in [6.07, 6.45) is 2.87. The quantitative estimate of drug-likeness (QED) is 0.625. The summed E-state index contributed by atoms with van der Waals surface area (Å²) in [5.74, 6) is 0.705. The number of hydrogen-bond donors (Lipinski definition) is 0. The third kappa shape index (κ3) is 3.41. The molecule has 2 rings (SSSR count). The predicted octanol–water partition coefficient (Wildman–Crippen LogP) is 3.91. The van der Waals surface area contributed by atoms with Crippen molar-refractivity contribution in [1.29, 1.82) is 0 Å². The van der Waals surface area contributed by atoms with Crippen LogP contribution in [-0.2, 0) is 11.2 Å². The molecule has 0 aliphatic heterocycles. The van der Waals surface area contributed by atoms with Crippen LogP contribution >= 0.6 is 15.9 Å². The van der Waals surface area contributed by atoms with Crippen LogP contribution in [0.4, 0.5) is 5.69 Å². The summed E-state index contributed by atoms with van der Waals surface area (Å²) in [7, 11) is 0. The number of nitrogens with zero attached hydrogens (tertiary/aromatic N) is 1. The van der Waals surface area contributed by atoms with E-state index in [-0.39, 0.29) is 22.3 Å². The number of nitro benzene ring substituents is 1. The minimum Gasteiger partial charge on any atom is -0.299 e. The van der Waals surface area contributed by atoms with Crippen LogP contribution in [0.15, 0.2) is 22.7 Å². The zero-order valence-electron chi connectivity index (χ0n) is 10.8. The van der Waals surface area contributed by atoms with E-state index >= 15 is 0 Å². The fourth-order valence-electron chi connectivity index (χ4n) is 2.67. The van der Waals surface area contributed by atoms with Gasteiger partial charge < -0.3 is 0 Å². The fourth-order valence-corrected chi connectivity index (χ4v) is 3.02. The van der Waals surface area contributed by atoms with E-state index in [2.05, 4.69) is 22.9 Å². The number of Topliss-reactive ketones (excluding diaryl/α,β-unsaturated/α-hetero) is 1. The number of rotatable bonds is 3. The molecular formula is C14H16BrNO3. The summed E-state index contributed by atoms with van der Waals surface area (Å²) < 4.78 is 0.686. The van der Waals surface area contributed by atoms with Crippen LogP contribution < -0.4 is 0 Å². The van der Waals surface area contributed by atoms with Gasteiger partial charge in [-0.15, -0.1) is 0 Å². The molecule has 0 aromatic heterocycles. The number of benzene rings is 1. The molecule has 0 radical (unpaired) electrons. The Morgan fingerprint density at radius 2 is 2.21 bits per heavy atom. The van der Waals surface area contributed by atoms with Gasteiger partial charge >= 0.3 is 0 Å². The zero-order valence-corrected chi connectivity index (χ0v) is 12.4. The third-order valence-corrected chi connectivity index (χ3v) is 4.23. The van der Waals surface area contributed by atoms with Crippen LogP contribution in [0, 0.1) is 22.0 Å². The molecule has 0 heterocycles. The minimum absolute atomic E-state index is 0.0661. The fraction of sp³-hybridized carbons (Fsp3) is 0.500. The third-order valence-electron chi connectivity index (χ3n) is 3.74. The number of hydrogen-bond acceptors (Lipinski definition) is 3. The Labute approximate surface area is 120 Å². The van der Waals surface area contributed by atoms with Crippen LogP contribution in [0.25, 0.3) is 0 Å². The number of nitro groups is 1. The molecule has 0 amide bonds. The van der Waals surface area contributed by atoms with Crippen LogP contribution in [0.3, 0.4) is 0 Å². The smallest absolute Gasteiger partial charge is 0.273 e. The second kappa shape index (κ2) is 5.82. The molecule has 0 spiro atoms. The van der Waals surface area contributed by atoms with Gasteiger partial charge in [0.05, 0.1) is 4.92 Å². The first-order valence-corrected chi connectivity index (χ1v) is 7.22. The lowest BCUT2D eigenvalue weighted by Crippen LogP contribution is -2.25. The maximum absolute atomic E-state index is 11.9. The molecule has 1 aliphatic rings. The SMILES string of the molecule is CC1CCC(=O)C(Cc2ccc(Br)cc2[N+](=O)[O-])C1. The molecule has 5 heteroatoms. The number of halogens is 1. The molecule has 2 unspecified atom stereocenters. The summed E-state index contributed by atoms with van der Waals surface area (Å²) in [5.41, 5.74) is 0.751. The average molecular weight is 326 g/mol. The highest BCUT2D eigenvalue weighted by Crippen LogP contribution is 2.32. The van der Waals surface area contributed by atoms with E-state index < -0.39 is 0 Å². The Kier molecular flexibility index (Phi) is 4.34.